The first kappa shape index (κ1) is 19.2. The monoisotopic (exact) mass is 422 g/mol. The quantitative estimate of drug-likeness (QED) is 0.614. The van der Waals surface area contributed by atoms with Crippen LogP contribution in [0.3, 0.4) is 0 Å². The molecule has 1 aliphatic carbocycles. The van der Waals surface area contributed by atoms with Gasteiger partial charge in [0.1, 0.15) is 5.82 Å². The fraction of sp³-hybridized carbons (Fsp3) is 0.348. The van der Waals surface area contributed by atoms with Crippen molar-refractivity contribution in [2.24, 2.45) is 11.3 Å². The molecule has 5 nitrogen and oxygen atoms in total. The Bertz CT molecular complexity index is 1100. The molecule has 5 rings (SSSR count). The first-order chi connectivity index (χ1) is 14.5. The van der Waals surface area contributed by atoms with Crippen molar-refractivity contribution < 1.29 is 9.18 Å². The van der Waals surface area contributed by atoms with Crippen LogP contribution in [-0.2, 0) is 11.3 Å². The zero-order chi connectivity index (χ0) is 20.7. The highest BCUT2D eigenvalue weighted by Gasteiger charge is 2.43. The third kappa shape index (κ3) is 3.37. The second-order valence-corrected chi connectivity index (χ2v) is 9.27. The lowest BCUT2D eigenvalue weighted by Gasteiger charge is -2.46. The normalized spacial score (nSPS) is 22.7. The third-order valence-electron chi connectivity index (χ3n) is 6.55. The number of fused-ring (bicyclic) bond motifs is 2. The Morgan fingerprint density at radius 3 is 2.93 bits per heavy atom. The molecule has 7 heteroatoms. The molecular formula is C23H23FN4OS. The minimum absolute atomic E-state index is 0.0286. The van der Waals surface area contributed by atoms with Gasteiger partial charge in [-0.05, 0) is 55.5 Å². The molecule has 1 N–H and O–H groups in total. The maximum Gasteiger partial charge on any atom is 0.226 e. The second-order valence-electron chi connectivity index (χ2n) is 8.38. The number of amides is 1. The van der Waals surface area contributed by atoms with Gasteiger partial charge in [-0.1, -0.05) is 12.5 Å². The number of allylic oxidation sites excluding steroid dienone is 1. The molecule has 0 radical (unpaired) electrons. The fourth-order valence-electron chi connectivity index (χ4n) is 4.90. The summed E-state index contributed by atoms with van der Waals surface area (Å²) in [5.41, 5.74) is 4.18. The van der Waals surface area contributed by atoms with E-state index in [2.05, 4.69) is 32.9 Å². The van der Waals surface area contributed by atoms with Crippen LogP contribution in [0.2, 0.25) is 0 Å². The van der Waals surface area contributed by atoms with Crippen molar-refractivity contribution in [3.8, 4) is 11.3 Å². The highest BCUT2D eigenvalue weighted by Crippen LogP contribution is 2.51. The number of hydrogen-bond acceptors (Lipinski definition) is 4. The molecule has 2 aliphatic rings. The Morgan fingerprint density at radius 2 is 2.17 bits per heavy atom. The molecule has 1 saturated carbocycles. The third-order valence-corrected chi connectivity index (χ3v) is 7.24. The highest BCUT2D eigenvalue weighted by molar-refractivity contribution is 7.13. The molecule has 2 atom stereocenters. The number of nitrogens with zero attached hydrogens (tertiary/aromatic N) is 3. The van der Waals surface area contributed by atoms with Crippen molar-refractivity contribution in [2.45, 2.75) is 39.2 Å². The molecule has 0 saturated heterocycles. The van der Waals surface area contributed by atoms with Crippen LogP contribution in [0.25, 0.3) is 17.3 Å². The summed E-state index contributed by atoms with van der Waals surface area (Å²) in [5.74, 6) is 0.0482. The summed E-state index contributed by atoms with van der Waals surface area (Å²) in [6.07, 6.45) is 9.46. The summed E-state index contributed by atoms with van der Waals surface area (Å²) in [6.45, 7) is 3.08. The van der Waals surface area contributed by atoms with Gasteiger partial charge in [-0.2, -0.15) is 0 Å². The van der Waals surface area contributed by atoms with Gasteiger partial charge >= 0.3 is 0 Å². The molecule has 30 heavy (non-hydrogen) atoms. The largest absolute Gasteiger partial charge is 0.330 e. The number of carbonyl (C=O) groups is 1. The Morgan fingerprint density at radius 1 is 1.33 bits per heavy atom. The van der Waals surface area contributed by atoms with Gasteiger partial charge in [-0.25, -0.2) is 14.4 Å². The van der Waals surface area contributed by atoms with E-state index in [-0.39, 0.29) is 23.1 Å². The molecule has 154 valence electrons. The number of anilines is 1. The minimum atomic E-state index is -0.246. The molecule has 2 aromatic heterocycles. The Kier molecular flexibility index (Phi) is 4.77. The number of halogens is 1. The van der Waals surface area contributed by atoms with Crippen LogP contribution in [0.4, 0.5) is 9.52 Å². The summed E-state index contributed by atoms with van der Waals surface area (Å²) >= 11 is 1.44. The molecule has 0 spiro atoms. The van der Waals surface area contributed by atoms with Gasteiger partial charge in [0.15, 0.2) is 5.13 Å². The number of thiazole rings is 1. The summed E-state index contributed by atoms with van der Waals surface area (Å²) in [4.78, 5) is 21.4. The van der Waals surface area contributed by atoms with Crippen LogP contribution in [0.15, 0.2) is 47.7 Å². The van der Waals surface area contributed by atoms with Crippen LogP contribution in [0.5, 0.6) is 0 Å². The maximum atomic E-state index is 13.3. The van der Waals surface area contributed by atoms with E-state index in [1.54, 1.807) is 18.3 Å². The number of rotatable bonds is 4. The van der Waals surface area contributed by atoms with E-state index < -0.39 is 0 Å². The average molecular weight is 423 g/mol. The summed E-state index contributed by atoms with van der Waals surface area (Å²) in [7, 11) is 0. The summed E-state index contributed by atoms with van der Waals surface area (Å²) in [5, 5.41) is 5.44. The topological polar surface area (TPSA) is 59.8 Å². The van der Waals surface area contributed by atoms with Crippen LogP contribution in [-0.4, -0.2) is 20.4 Å². The van der Waals surface area contributed by atoms with Crippen LogP contribution in [0.1, 0.15) is 38.3 Å². The van der Waals surface area contributed by atoms with E-state index in [9.17, 15) is 9.18 Å². The lowest BCUT2D eigenvalue weighted by Crippen LogP contribution is -2.40. The number of aromatic nitrogens is 3. The van der Waals surface area contributed by atoms with Gasteiger partial charge in [0, 0.05) is 35.5 Å². The van der Waals surface area contributed by atoms with Gasteiger partial charge in [-0.15, -0.1) is 11.3 Å². The zero-order valence-corrected chi connectivity index (χ0v) is 17.6. The van der Waals surface area contributed by atoms with Crippen molar-refractivity contribution in [1.82, 2.24) is 14.5 Å². The van der Waals surface area contributed by atoms with Crippen molar-refractivity contribution in [3.05, 3.63) is 59.3 Å². The van der Waals surface area contributed by atoms with Crippen molar-refractivity contribution >= 4 is 28.5 Å². The number of carbonyl (C=O) groups excluding carboxylic acids is 1. The highest BCUT2D eigenvalue weighted by atomic mass is 32.1. The number of nitrogens with one attached hydrogen (secondary N) is 1. The molecule has 3 aromatic rings. The molecule has 1 aromatic carbocycles. The second kappa shape index (κ2) is 7.47. The van der Waals surface area contributed by atoms with Gasteiger partial charge in [0.25, 0.3) is 0 Å². The van der Waals surface area contributed by atoms with Crippen molar-refractivity contribution in [2.75, 3.05) is 5.32 Å². The van der Waals surface area contributed by atoms with Crippen molar-refractivity contribution in [3.63, 3.8) is 0 Å². The van der Waals surface area contributed by atoms with E-state index >= 15 is 0 Å². The molecular weight excluding hydrogens is 399 g/mol. The smallest absolute Gasteiger partial charge is 0.226 e. The number of benzene rings is 1. The molecule has 1 aliphatic heterocycles. The predicted octanol–water partition coefficient (Wildman–Crippen LogP) is 5.38. The summed E-state index contributed by atoms with van der Waals surface area (Å²) < 4.78 is 15.5. The molecule has 0 bridgehead atoms. The Balaban J connectivity index is 1.41. The molecule has 3 heterocycles. The molecule has 0 unspecified atom stereocenters. The predicted molar refractivity (Wildman–Crippen MR) is 116 cm³/mol. The van der Waals surface area contributed by atoms with E-state index in [1.807, 2.05) is 11.7 Å². The average Bonchev–Trinajstić information content (AvgIpc) is 3.37. The van der Waals surface area contributed by atoms with Gasteiger partial charge in [0.2, 0.25) is 5.91 Å². The van der Waals surface area contributed by atoms with Crippen LogP contribution in [0, 0.1) is 17.2 Å². The van der Waals surface area contributed by atoms with Crippen molar-refractivity contribution in [1.29, 1.82) is 0 Å². The standard InChI is InChI=1S/C23H23FN4OS/c1-23-13-28-14-26-21(15-5-7-18(24)8-6-15)19(28)11-16(23)3-2-4-17(23)12-20(29)27-22-25-9-10-30-22/h5-11,14,17H,2-4,12-13H2,1H3,(H,25,27,29)/t17-,23+/m1/s1. The summed E-state index contributed by atoms with van der Waals surface area (Å²) in [6, 6.07) is 6.49. The lowest BCUT2D eigenvalue weighted by atomic mass is 9.62. The number of imidazole rings is 1. The maximum absolute atomic E-state index is 13.3. The van der Waals surface area contributed by atoms with Gasteiger partial charge < -0.3 is 9.88 Å². The Labute approximate surface area is 178 Å². The van der Waals surface area contributed by atoms with E-state index in [0.717, 1.165) is 42.8 Å². The fourth-order valence-corrected chi connectivity index (χ4v) is 5.44. The van der Waals surface area contributed by atoms with Crippen LogP contribution < -0.4 is 5.32 Å². The van der Waals surface area contributed by atoms with Gasteiger partial charge in [-0.3, -0.25) is 4.79 Å². The van der Waals surface area contributed by atoms with E-state index in [4.69, 9.17) is 0 Å². The first-order valence-electron chi connectivity index (χ1n) is 10.2. The van der Waals surface area contributed by atoms with E-state index in [0.29, 0.717) is 11.6 Å². The lowest BCUT2D eigenvalue weighted by molar-refractivity contribution is -0.118. The SMILES string of the molecule is C[C@]12Cn3cnc(-c4ccc(F)cc4)c3C=C1CCC[C@@H]2CC(=O)Nc1nccs1. The molecule has 1 amide bonds. The van der Waals surface area contributed by atoms with Gasteiger partial charge in [0.05, 0.1) is 17.7 Å². The first-order valence-corrected chi connectivity index (χ1v) is 11.1. The van der Waals surface area contributed by atoms with Crippen LogP contribution >= 0.6 is 11.3 Å². The number of hydrogen-bond donors (Lipinski definition) is 1. The zero-order valence-electron chi connectivity index (χ0n) is 16.8. The Hall–Kier alpha value is -2.80. The van der Waals surface area contributed by atoms with E-state index in [1.165, 1.54) is 29.0 Å². The minimum Gasteiger partial charge on any atom is -0.330 e. The molecule has 1 fully saturated rings.